The maximum atomic E-state index is 11.4. The molecule has 0 heterocycles. The summed E-state index contributed by atoms with van der Waals surface area (Å²) < 4.78 is 5.27. The number of ether oxygens (including phenoxy) is 1. The summed E-state index contributed by atoms with van der Waals surface area (Å²) in [7, 11) is 0. The standard InChI is InChI=1S/C12H17NO2/c1-8-5-4-6-9(2)12(8)15-11(14)7-10(3)13/h4-6,10H,7,13H2,1-3H3/t10-/m1/s1. The van der Waals surface area contributed by atoms with E-state index in [0.29, 0.717) is 5.75 Å². The molecule has 1 atom stereocenters. The van der Waals surface area contributed by atoms with E-state index < -0.39 is 0 Å². The number of benzene rings is 1. The first-order chi connectivity index (χ1) is 7.00. The van der Waals surface area contributed by atoms with E-state index in [1.807, 2.05) is 32.0 Å². The average Bonchev–Trinajstić information content (AvgIpc) is 2.10. The van der Waals surface area contributed by atoms with Gasteiger partial charge < -0.3 is 10.5 Å². The van der Waals surface area contributed by atoms with Gasteiger partial charge in [-0.25, -0.2) is 0 Å². The van der Waals surface area contributed by atoms with Crippen molar-refractivity contribution in [1.29, 1.82) is 0 Å². The highest BCUT2D eigenvalue weighted by molar-refractivity contribution is 5.73. The Balaban J connectivity index is 2.76. The number of carbonyl (C=O) groups excluding carboxylic acids is 1. The third-order valence-electron chi connectivity index (χ3n) is 2.11. The highest BCUT2D eigenvalue weighted by atomic mass is 16.5. The number of aryl methyl sites for hydroxylation is 2. The molecule has 0 aliphatic heterocycles. The van der Waals surface area contributed by atoms with Gasteiger partial charge >= 0.3 is 5.97 Å². The molecule has 0 radical (unpaired) electrons. The lowest BCUT2D eigenvalue weighted by Gasteiger charge is -2.11. The zero-order valence-electron chi connectivity index (χ0n) is 9.41. The van der Waals surface area contributed by atoms with Crippen LogP contribution in [0.5, 0.6) is 5.75 Å². The van der Waals surface area contributed by atoms with Gasteiger partial charge in [0.1, 0.15) is 5.75 Å². The summed E-state index contributed by atoms with van der Waals surface area (Å²) in [4.78, 5) is 11.4. The van der Waals surface area contributed by atoms with Crippen molar-refractivity contribution in [1.82, 2.24) is 0 Å². The Labute approximate surface area is 90.2 Å². The number of nitrogens with two attached hydrogens (primary N) is 1. The van der Waals surface area contributed by atoms with Crippen LogP contribution < -0.4 is 10.5 Å². The highest BCUT2D eigenvalue weighted by Gasteiger charge is 2.11. The van der Waals surface area contributed by atoms with Gasteiger partial charge in [-0.3, -0.25) is 4.79 Å². The van der Waals surface area contributed by atoms with E-state index in [1.165, 1.54) is 0 Å². The van der Waals surface area contributed by atoms with Crippen LogP contribution >= 0.6 is 0 Å². The highest BCUT2D eigenvalue weighted by Crippen LogP contribution is 2.22. The quantitative estimate of drug-likeness (QED) is 0.608. The molecule has 0 spiro atoms. The minimum absolute atomic E-state index is 0.165. The van der Waals surface area contributed by atoms with Crippen LogP contribution in [0.2, 0.25) is 0 Å². The van der Waals surface area contributed by atoms with Gasteiger partial charge in [-0.1, -0.05) is 18.2 Å². The SMILES string of the molecule is Cc1cccc(C)c1OC(=O)C[C@@H](C)N. The van der Waals surface area contributed by atoms with E-state index in [2.05, 4.69) is 0 Å². The summed E-state index contributed by atoms with van der Waals surface area (Å²) in [5.41, 5.74) is 7.45. The van der Waals surface area contributed by atoms with Crippen molar-refractivity contribution < 1.29 is 9.53 Å². The van der Waals surface area contributed by atoms with Gasteiger partial charge in [0.05, 0.1) is 6.42 Å². The largest absolute Gasteiger partial charge is 0.426 e. The lowest BCUT2D eigenvalue weighted by molar-refractivity contribution is -0.134. The van der Waals surface area contributed by atoms with Crippen molar-refractivity contribution in [2.45, 2.75) is 33.2 Å². The molecule has 1 rings (SSSR count). The Kier molecular flexibility index (Phi) is 3.86. The van der Waals surface area contributed by atoms with Gasteiger partial charge in [0.2, 0.25) is 0 Å². The van der Waals surface area contributed by atoms with Gasteiger partial charge in [-0.2, -0.15) is 0 Å². The molecule has 0 bridgehead atoms. The topological polar surface area (TPSA) is 52.3 Å². The number of hydrogen-bond acceptors (Lipinski definition) is 3. The molecule has 0 aliphatic rings. The van der Waals surface area contributed by atoms with Crippen molar-refractivity contribution in [3.05, 3.63) is 29.3 Å². The molecule has 0 aliphatic carbocycles. The van der Waals surface area contributed by atoms with E-state index in [9.17, 15) is 4.79 Å². The smallest absolute Gasteiger partial charge is 0.312 e. The Bertz CT molecular complexity index is 338. The second-order valence-electron chi connectivity index (χ2n) is 3.88. The monoisotopic (exact) mass is 207 g/mol. The van der Waals surface area contributed by atoms with Gasteiger partial charge in [0, 0.05) is 6.04 Å². The van der Waals surface area contributed by atoms with E-state index >= 15 is 0 Å². The first-order valence-corrected chi connectivity index (χ1v) is 5.03. The fourth-order valence-corrected chi connectivity index (χ4v) is 1.38. The fourth-order valence-electron chi connectivity index (χ4n) is 1.38. The van der Waals surface area contributed by atoms with Crippen molar-refractivity contribution in [2.75, 3.05) is 0 Å². The number of para-hydroxylation sites is 1. The first-order valence-electron chi connectivity index (χ1n) is 5.03. The summed E-state index contributed by atoms with van der Waals surface area (Å²) in [6.07, 6.45) is 0.244. The summed E-state index contributed by atoms with van der Waals surface area (Å²) in [5, 5.41) is 0. The number of rotatable bonds is 3. The molecular formula is C12H17NO2. The molecule has 1 aromatic carbocycles. The van der Waals surface area contributed by atoms with Crippen LogP contribution in [0, 0.1) is 13.8 Å². The number of hydrogen-bond donors (Lipinski definition) is 1. The number of esters is 1. The van der Waals surface area contributed by atoms with Crippen molar-refractivity contribution in [2.24, 2.45) is 5.73 Å². The third kappa shape index (κ3) is 3.36. The second-order valence-corrected chi connectivity index (χ2v) is 3.88. The minimum Gasteiger partial charge on any atom is -0.426 e. The molecule has 3 heteroatoms. The van der Waals surface area contributed by atoms with Crippen LogP contribution in [-0.4, -0.2) is 12.0 Å². The summed E-state index contributed by atoms with van der Waals surface area (Å²) >= 11 is 0. The molecular weight excluding hydrogens is 190 g/mol. The predicted octanol–water partition coefficient (Wildman–Crippen LogP) is 1.95. The Morgan fingerprint density at radius 3 is 2.40 bits per heavy atom. The van der Waals surface area contributed by atoms with Crippen LogP contribution in [0.15, 0.2) is 18.2 Å². The van der Waals surface area contributed by atoms with Crippen LogP contribution in [0.25, 0.3) is 0 Å². The molecule has 82 valence electrons. The molecule has 0 amide bonds. The van der Waals surface area contributed by atoms with Crippen molar-refractivity contribution >= 4 is 5.97 Å². The maximum absolute atomic E-state index is 11.4. The minimum atomic E-state index is -0.276. The molecule has 0 saturated carbocycles. The summed E-state index contributed by atoms with van der Waals surface area (Å²) in [6.45, 7) is 5.62. The van der Waals surface area contributed by atoms with E-state index in [0.717, 1.165) is 11.1 Å². The lowest BCUT2D eigenvalue weighted by Crippen LogP contribution is -2.23. The van der Waals surface area contributed by atoms with Gasteiger partial charge in [0.15, 0.2) is 0 Å². The van der Waals surface area contributed by atoms with Gasteiger partial charge in [-0.15, -0.1) is 0 Å². The molecule has 0 fully saturated rings. The fraction of sp³-hybridized carbons (Fsp3) is 0.417. The molecule has 15 heavy (non-hydrogen) atoms. The normalized spacial score (nSPS) is 12.3. The van der Waals surface area contributed by atoms with E-state index in [1.54, 1.807) is 6.92 Å². The Hall–Kier alpha value is -1.35. The zero-order valence-corrected chi connectivity index (χ0v) is 9.41. The second kappa shape index (κ2) is 4.94. The van der Waals surface area contributed by atoms with E-state index in [4.69, 9.17) is 10.5 Å². The molecule has 1 aromatic rings. The van der Waals surface area contributed by atoms with Crippen LogP contribution in [0.3, 0.4) is 0 Å². The zero-order chi connectivity index (χ0) is 11.4. The van der Waals surface area contributed by atoms with Crippen LogP contribution in [-0.2, 0) is 4.79 Å². The predicted molar refractivity (Wildman–Crippen MR) is 59.8 cm³/mol. The Morgan fingerprint density at radius 1 is 1.40 bits per heavy atom. The van der Waals surface area contributed by atoms with Gasteiger partial charge in [0.25, 0.3) is 0 Å². The molecule has 0 aromatic heterocycles. The average molecular weight is 207 g/mol. The molecule has 0 saturated heterocycles. The van der Waals surface area contributed by atoms with E-state index in [-0.39, 0.29) is 18.4 Å². The maximum Gasteiger partial charge on any atom is 0.312 e. The Morgan fingerprint density at radius 2 is 1.93 bits per heavy atom. The van der Waals surface area contributed by atoms with Crippen LogP contribution in [0.4, 0.5) is 0 Å². The third-order valence-corrected chi connectivity index (χ3v) is 2.11. The van der Waals surface area contributed by atoms with Gasteiger partial charge in [-0.05, 0) is 31.9 Å². The van der Waals surface area contributed by atoms with Crippen molar-refractivity contribution in [3.63, 3.8) is 0 Å². The van der Waals surface area contributed by atoms with Crippen LogP contribution in [0.1, 0.15) is 24.5 Å². The summed E-state index contributed by atoms with van der Waals surface area (Å²) in [5.74, 6) is 0.380. The first kappa shape index (κ1) is 11.7. The molecule has 3 nitrogen and oxygen atoms in total. The molecule has 2 N–H and O–H groups in total. The van der Waals surface area contributed by atoms with Crippen molar-refractivity contribution in [3.8, 4) is 5.75 Å². The lowest BCUT2D eigenvalue weighted by atomic mass is 10.1. The number of carbonyl (C=O) groups is 1. The summed E-state index contributed by atoms with van der Waals surface area (Å²) in [6, 6.07) is 5.61. The molecule has 0 unspecified atom stereocenters.